The number of alkyl halides is 3. The van der Waals surface area contributed by atoms with Crippen molar-refractivity contribution in [1.82, 2.24) is 0 Å². The fourth-order valence-corrected chi connectivity index (χ4v) is 1.47. The summed E-state index contributed by atoms with van der Waals surface area (Å²) < 4.78 is 41.3. The number of hydrogen-bond acceptors (Lipinski definition) is 3. The van der Waals surface area contributed by atoms with Crippen molar-refractivity contribution in [3.63, 3.8) is 0 Å². The number of ketones is 1. The smallest absolute Gasteiger partial charge is 0.450 e. The number of rotatable bonds is 4. The Labute approximate surface area is 102 Å². The summed E-state index contributed by atoms with van der Waals surface area (Å²) in [5, 5.41) is 0. The number of hydrogen-bond donors (Lipinski definition) is 0. The van der Waals surface area contributed by atoms with E-state index in [4.69, 9.17) is 0 Å². The highest BCUT2D eigenvalue weighted by atomic mass is 19.4. The lowest BCUT2D eigenvalue weighted by Crippen LogP contribution is -2.37. The first-order chi connectivity index (χ1) is 8.36. The topological polar surface area (TPSA) is 43.4 Å². The summed E-state index contributed by atoms with van der Waals surface area (Å²) in [7, 11) is 0.948. The Balaban J connectivity index is 2.94. The molecule has 0 aliphatic rings. The molecule has 0 amide bonds. The summed E-state index contributed by atoms with van der Waals surface area (Å²) >= 11 is 0. The molecule has 0 N–H and O–H groups in total. The van der Waals surface area contributed by atoms with Crippen LogP contribution in [-0.2, 0) is 20.7 Å². The Morgan fingerprint density at radius 2 is 1.78 bits per heavy atom. The predicted molar refractivity (Wildman–Crippen MR) is 56.7 cm³/mol. The molecule has 6 heteroatoms. The monoisotopic (exact) mass is 260 g/mol. The minimum Gasteiger partial charge on any atom is -0.468 e. The Bertz CT molecular complexity index is 426. The summed E-state index contributed by atoms with van der Waals surface area (Å²) in [6, 6.07) is 7.99. The van der Waals surface area contributed by atoms with E-state index in [2.05, 4.69) is 4.74 Å². The number of methoxy groups -OCH3 is 1. The minimum atomic E-state index is -5.05. The average molecular weight is 260 g/mol. The first-order valence-corrected chi connectivity index (χ1v) is 5.09. The lowest BCUT2D eigenvalue weighted by atomic mass is 9.95. The molecule has 0 radical (unpaired) electrons. The van der Waals surface area contributed by atoms with Crippen molar-refractivity contribution in [2.24, 2.45) is 5.92 Å². The van der Waals surface area contributed by atoms with E-state index in [1.807, 2.05) is 0 Å². The Morgan fingerprint density at radius 1 is 1.22 bits per heavy atom. The summed E-state index contributed by atoms with van der Waals surface area (Å²) in [5.41, 5.74) is 0.463. The summed E-state index contributed by atoms with van der Waals surface area (Å²) in [4.78, 5) is 22.4. The molecule has 0 aliphatic carbocycles. The van der Waals surface area contributed by atoms with Crippen molar-refractivity contribution < 1.29 is 27.5 Å². The normalized spacial score (nSPS) is 12.9. The van der Waals surface area contributed by atoms with Gasteiger partial charge in [0, 0.05) is 0 Å². The number of halogens is 3. The van der Waals surface area contributed by atoms with Gasteiger partial charge >= 0.3 is 12.1 Å². The Hall–Kier alpha value is -1.85. The van der Waals surface area contributed by atoms with Crippen LogP contribution < -0.4 is 0 Å². The molecule has 0 saturated heterocycles. The predicted octanol–water partition coefficient (Wildman–Crippen LogP) is 2.15. The van der Waals surface area contributed by atoms with Crippen LogP contribution in [0.15, 0.2) is 30.3 Å². The summed E-state index contributed by atoms with van der Waals surface area (Å²) in [5.74, 6) is -5.11. The molecule has 1 unspecified atom stereocenters. The van der Waals surface area contributed by atoms with Gasteiger partial charge in [-0.15, -0.1) is 0 Å². The highest BCUT2D eigenvalue weighted by Crippen LogP contribution is 2.24. The zero-order chi connectivity index (χ0) is 13.8. The maximum absolute atomic E-state index is 12.3. The second-order valence-corrected chi connectivity index (χ2v) is 3.63. The van der Waals surface area contributed by atoms with Crippen molar-refractivity contribution in [3.05, 3.63) is 35.9 Å². The van der Waals surface area contributed by atoms with E-state index in [0.29, 0.717) is 5.56 Å². The second-order valence-electron chi connectivity index (χ2n) is 3.63. The zero-order valence-electron chi connectivity index (χ0n) is 9.53. The quantitative estimate of drug-likeness (QED) is 0.615. The maximum atomic E-state index is 12.3. The lowest BCUT2D eigenvalue weighted by molar-refractivity contribution is -0.180. The van der Waals surface area contributed by atoms with E-state index in [-0.39, 0.29) is 6.42 Å². The van der Waals surface area contributed by atoms with Crippen LogP contribution in [0.2, 0.25) is 0 Å². The van der Waals surface area contributed by atoms with Gasteiger partial charge in [0.2, 0.25) is 0 Å². The summed E-state index contributed by atoms with van der Waals surface area (Å²) in [6.07, 6.45) is -5.38. The molecule has 0 fully saturated rings. The average Bonchev–Trinajstić information content (AvgIpc) is 2.34. The third-order valence-corrected chi connectivity index (χ3v) is 2.36. The van der Waals surface area contributed by atoms with Crippen molar-refractivity contribution in [2.75, 3.05) is 7.11 Å². The third-order valence-electron chi connectivity index (χ3n) is 2.36. The van der Waals surface area contributed by atoms with Gasteiger partial charge in [-0.2, -0.15) is 13.2 Å². The van der Waals surface area contributed by atoms with Gasteiger partial charge in [-0.1, -0.05) is 30.3 Å². The van der Waals surface area contributed by atoms with Gasteiger partial charge in [0.1, 0.15) is 5.92 Å². The number of carbonyl (C=O) groups is 2. The van der Waals surface area contributed by atoms with Gasteiger partial charge in [0.05, 0.1) is 7.11 Å². The lowest BCUT2D eigenvalue weighted by Gasteiger charge is -2.15. The van der Waals surface area contributed by atoms with E-state index < -0.39 is 23.8 Å². The van der Waals surface area contributed by atoms with Crippen LogP contribution in [0.5, 0.6) is 0 Å². The number of Topliss-reactive ketones (excluding diaryl/α,β-unsaturated/α-hetero) is 1. The fourth-order valence-electron chi connectivity index (χ4n) is 1.47. The zero-order valence-corrected chi connectivity index (χ0v) is 9.53. The molecular weight excluding hydrogens is 249 g/mol. The van der Waals surface area contributed by atoms with Crippen LogP contribution in [0, 0.1) is 5.92 Å². The van der Waals surface area contributed by atoms with Gasteiger partial charge in [0.25, 0.3) is 5.78 Å². The van der Waals surface area contributed by atoms with E-state index in [1.54, 1.807) is 30.3 Å². The molecule has 0 aliphatic heterocycles. The standard InChI is InChI=1S/C12H11F3O3/c1-18-11(17)9(10(16)12(13,14)15)7-8-5-3-2-4-6-8/h2-6,9H,7H2,1H3. The van der Waals surface area contributed by atoms with E-state index in [0.717, 1.165) is 7.11 Å². The highest BCUT2D eigenvalue weighted by Gasteiger charge is 2.46. The molecule has 1 atom stereocenters. The van der Waals surface area contributed by atoms with Crippen LogP contribution in [0.4, 0.5) is 13.2 Å². The van der Waals surface area contributed by atoms with Gasteiger partial charge in [-0.3, -0.25) is 9.59 Å². The molecule has 0 spiro atoms. The van der Waals surface area contributed by atoms with Gasteiger partial charge in [-0.05, 0) is 12.0 Å². The Morgan fingerprint density at radius 3 is 2.22 bits per heavy atom. The van der Waals surface area contributed by atoms with Crippen LogP contribution >= 0.6 is 0 Å². The minimum absolute atomic E-state index is 0.328. The van der Waals surface area contributed by atoms with E-state index in [1.165, 1.54) is 0 Å². The molecule has 0 heterocycles. The number of benzene rings is 1. The van der Waals surface area contributed by atoms with Gasteiger partial charge in [0.15, 0.2) is 0 Å². The Kier molecular flexibility index (Phi) is 4.47. The van der Waals surface area contributed by atoms with Gasteiger partial charge < -0.3 is 4.74 Å². The number of carbonyl (C=O) groups excluding carboxylic acids is 2. The molecule has 98 valence electrons. The maximum Gasteiger partial charge on any atom is 0.450 e. The van der Waals surface area contributed by atoms with Crippen LogP contribution in [-0.4, -0.2) is 25.0 Å². The highest BCUT2D eigenvalue weighted by molar-refractivity contribution is 6.02. The van der Waals surface area contributed by atoms with E-state index in [9.17, 15) is 22.8 Å². The first-order valence-electron chi connectivity index (χ1n) is 5.09. The number of ether oxygens (including phenoxy) is 1. The molecule has 0 bridgehead atoms. The van der Waals surface area contributed by atoms with E-state index >= 15 is 0 Å². The largest absolute Gasteiger partial charge is 0.468 e. The van der Waals surface area contributed by atoms with Crippen LogP contribution in [0.25, 0.3) is 0 Å². The van der Waals surface area contributed by atoms with Gasteiger partial charge in [-0.25, -0.2) is 0 Å². The molecule has 1 rings (SSSR count). The molecular formula is C12H11F3O3. The van der Waals surface area contributed by atoms with Crippen molar-refractivity contribution >= 4 is 11.8 Å². The summed E-state index contributed by atoms with van der Waals surface area (Å²) in [6.45, 7) is 0. The first kappa shape index (κ1) is 14.2. The third kappa shape index (κ3) is 3.58. The molecule has 1 aromatic carbocycles. The molecule has 1 aromatic rings. The molecule has 0 aromatic heterocycles. The molecule has 3 nitrogen and oxygen atoms in total. The second kappa shape index (κ2) is 5.66. The van der Waals surface area contributed by atoms with Crippen LogP contribution in [0.1, 0.15) is 5.56 Å². The molecule has 18 heavy (non-hydrogen) atoms. The van der Waals surface area contributed by atoms with Crippen molar-refractivity contribution in [2.45, 2.75) is 12.6 Å². The van der Waals surface area contributed by atoms with Crippen LogP contribution in [0.3, 0.4) is 0 Å². The van der Waals surface area contributed by atoms with Crippen molar-refractivity contribution in [3.8, 4) is 0 Å². The fraction of sp³-hybridized carbons (Fsp3) is 0.333. The number of esters is 1. The van der Waals surface area contributed by atoms with Crippen molar-refractivity contribution in [1.29, 1.82) is 0 Å². The SMILES string of the molecule is COC(=O)C(Cc1ccccc1)C(=O)C(F)(F)F. The molecule has 0 saturated carbocycles.